The summed E-state index contributed by atoms with van der Waals surface area (Å²) >= 11 is 0. The van der Waals surface area contributed by atoms with Gasteiger partial charge in [0.05, 0.1) is 0 Å². The lowest BCUT2D eigenvalue weighted by Gasteiger charge is -2.25. The Labute approximate surface area is 140 Å². The molecule has 0 rings (SSSR count). The molecule has 1 N–H and O–H groups in total. The molecule has 1 unspecified atom stereocenters. The van der Waals surface area contributed by atoms with E-state index in [1.807, 2.05) is 6.92 Å². The summed E-state index contributed by atoms with van der Waals surface area (Å²) < 4.78 is 0. The Morgan fingerprint density at radius 2 is 0.909 bits per heavy atom. The van der Waals surface area contributed by atoms with E-state index in [1.165, 1.54) is 89.9 Å². The Kier molecular flexibility index (Phi) is 17.2. The molecule has 1 atom stereocenters. The van der Waals surface area contributed by atoms with Gasteiger partial charge in [-0.15, -0.1) is 0 Å². The zero-order valence-corrected chi connectivity index (χ0v) is 15.8. The Morgan fingerprint density at radius 3 is 1.23 bits per heavy atom. The predicted octanol–water partition coefficient (Wildman–Crippen LogP) is 6.13. The van der Waals surface area contributed by atoms with E-state index in [9.17, 15) is 5.11 Å². The zero-order chi connectivity index (χ0) is 16.5. The molecule has 0 saturated heterocycles. The van der Waals surface area contributed by atoms with Crippen molar-refractivity contribution in [1.29, 1.82) is 0 Å². The van der Waals surface area contributed by atoms with Crippen molar-refractivity contribution < 1.29 is 5.11 Å². The molecule has 0 heterocycles. The van der Waals surface area contributed by atoms with Gasteiger partial charge in [-0.05, 0) is 19.8 Å². The van der Waals surface area contributed by atoms with Gasteiger partial charge in [0.25, 0.3) is 0 Å². The van der Waals surface area contributed by atoms with Gasteiger partial charge in [-0.1, -0.05) is 90.9 Å². The summed E-state index contributed by atoms with van der Waals surface area (Å²) in [6, 6.07) is 0. The van der Waals surface area contributed by atoms with E-state index >= 15 is 0 Å². The van der Waals surface area contributed by atoms with Crippen LogP contribution in [0.2, 0.25) is 0 Å². The van der Waals surface area contributed by atoms with Crippen molar-refractivity contribution in [2.75, 3.05) is 13.1 Å². The summed E-state index contributed by atoms with van der Waals surface area (Å²) in [5, 5.41) is 9.88. The number of unbranched alkanes of at least 4 members (excludes halogenated alkanes) is 12. The molecule has 0 fully saturated rings. The van der Waals surface area contributed by atoms with Crippen LogP contribution in [-0.2, 0) is 0 Å². The third kappa shape index (κ3) is 14.8. The fraction of sp³-hybridized carbons (Fsp3) is 1.00. The molecular formula is C20H43NO. The fourth-order valence-corrected chi connectivity index (χ4v) is 3.03. The van der Waals surface area contributed by atoms with Gasteiger partial charge in [-0.2, -0.15) is 0 Å². The molecule has 22 heavy (non-hydrogen) atoms. The highest BCUT2D eigenvalue weighted by Gasteiger charge is 2.09. The van der Waals surface area contributed by atoms with Crippen LogP contribution in [0.15, 0.2) is 0 Å². The quantitative estimate of drug-likeness (QED) is 0.258. The predicted molar refractivity (Wildman–Crippen MR) is 99.2 cm³/mol. The first-order valence-corrected chi connectivity index (χ1v) is 10.1. The topological polar surface area (TPSA) is 23.5 Å². The molecule has 0 bridgehead atoms. The average Bonchev–Trinajstić information content (AvgIpc) is 2.50. The summed E-state index contributed by atoms with van der Waals surface area (Å²) in [4.78, 5) is 2.26. The molecular weight excluding hydrogens is 270 g/mol. The molecule has 0 aromatic rings. The van der Waals surface area contributed by atoms with E-state index in [0.29, 0.717) is 0 Å². The number of hydrogen-bond donors (Lipinski definition) is 1. The van der Waals surface area contributed by atoms with Crippen molar-refractivity contribution in [2.24, 2.45) is 0 Å². The summed E-state index contributed by atoms with van der Waals surface area (Å²) in [5.74, 6) is 0. The maximum atomic E-state index is 9.88. The zero-order valence-electron chi connectivity index (χ0n) is 15.8. The van der Waals surface area contributed by atoms with Crippen LogP contribution in [0.4, 0.5) is 0 Å². The van der Waals surface area contributed by atoms with Crippen LogP contribution in [-0.4, -0.2) is 29.3 Å². The second-order valence-corrected chi connectivity index (χ2v) is 6.91. The third-order valence-electron chi connectivity index (χ3n) is 4.63. The largest absolute Gasteiger partial charge is 0.379 e. The highest BCUT2D eigenvalue weighted by Crippen LogP contribution is 2.11. The third-order valence-corrected chi connectivity index (χ3v) is 4.63. The van der Waals surface area contributed by atoms with Crippen molar-refractivity contribution in [3.8, 4) is 0 Å². The maximum absolute atomic E-state index is 9.88. The van der Waals surface area contributed by atoms with Gasteiger partial charge in [0.2, 0.25) is 0 Å². The minimum Gasteiger partial charge on any atom is -0.379 e. The van der Waals surface area contributed by atoms with Gasteiger partial charge in [0, 0.05) is 13.1 Å². The van der Waals surface area contributed by atoms with Crippen LogP contribution in [0.25, 0.3) is 0 Å². The lowest BCUT2D eigenvalue weighted by Crippen LogP contribution is -2.34. The van der Waals surface area contributed by atoms with Crippen LogP contribution in [0, 0.1) is 0 Å². The molecule has 0 aliphatic carbocycles. The van der Waals surface area contributed by atoms with Gasteiger partial charge < -0.3 is 5.11 Å². The molecule has 2 nitrogen and oxygen atoms in total. The lowest BCUT2D eigenvalue weighted by molar-refractivity contribution is 0.0163. The molecule has 0 aliphatic heterocycles. The lowest BCUT2D eigenvalue weighted by atomic mass is 10.1. The highest BCUT2D eigenvalue weighted by molar-refractivity contribution is 4.60. The molecule has 0 aliphatic rings. The van der Waals surface area contributed by atoms with Crippen LogP contribution in [0.1, 0.15) is 111 Å². The smallest absolute Gasteiger partial charge is 0.104 e. The van der Waals surface area contributed by atoms with Gasteiger partial charge in [-0.25, -0.2) is 0 Å². The fourth-order valence-electron chi connectivity index (χ4n) is 3.03. The number of rotatable bonds is 17. The monoisotopic (exact) mass is 313 g/mol. The second kappa shape index (κ2) is 17.3. The van der Waals surface area contributed by atoms with Gasteiger partial charge >= 0.3 is 0 Å². The Morgan fingerprint density at radius 1 is 0.591 bits per heavy atom. The summed E-state index contributed by atoms with van der Waals surface area (Å²) in [5.41, 5.74) is 0. The van der Waals surface area contributed by atoms with E-state index < -0.39 is 0 Å². The first-order chi connectivity index (χ1) is 10.7. The second-order valence-electron chi connectivity index (χ2n) is 6.91. The Bertz CT molecular complexity index is 188. The van der Waals surface area contributed by atoms with Crippen molar-refractivity contribution in [3.63, 3.8) is 0 Å². The standard InChI is InChI=1S/C20H43NO/c1-4-6-8-10-12-14-16-18-21(20(3)22)19-17-15-13-11-9-7-5-2/h20,22H,4-19H2,1-3H3. The molecule has 134 valence electrons. The summed E-state index contributed by atoms with van der Waals surface area (Å²) in [6.07, 6.45) is 18.6. The van der Waals surface area contributed by atoms with Crippen molar-refractivity contribution in [3.05, 3.63) is 0 Å². The van der Waals surface area contributed by atoms with E-state index in [0.717, 1.165) is 13.1 Å². The maximum Gasteiger partial charge on any atom is 0.104 e. The number of aliphatic hydroxyl groups is 1. The van der Waals surface area contributed by atoms with Crippen molar-refractivity contribution in [1.82, 2.24) is 4.90 Å². The summed E-state index contributed by atoms with van der Waals surface area (Å²) in [6.45, 7) is 8.60. The van der Waals surface area contributed by atoms with Gasteiger partial charge in [0.15, 0.2) is 0 Å². The number of aliphatic hydroxyl groups excluding tert-OH is 1. The Balaban J connectivity index is 3.49. The van der Waals surface area contributed by atoms with Gasteiger partial charge in [0.1, 0.15) is 6.23 Å². The van der Waals surface area contributed by atoms with E-state index in [4.69, 9.17) is 0 Å². The molecule has 0 aromatic heterocycles. The van der Waals surface area contributed by atoms with E-state index in [2.05, 4.69) is 18.7 Å². The molecule has 0 saturated carbocycles. The molecule has 0 spiro atoms. The van der Waals surface area contributed by atoms with Crippen LogP contribution < -0.4 is 0 Å². The van der Waals surface area contributed by atoms with Crippen LogP contribution in [0.5, 0.6) is 0 Å². The molecule has 0 amide bonds. The first-order valence-electron chi connectivity index (χ1n) is 10.1. The molecule has 0 radical (unpaired) electrons. The Hall–Kier alpha value is -0.0800. The van der Waals surface area contributed by atoms with Gasteiger partial charge in [-0.3, -0.25) is 4.90 Å². The van der Waals surface area contributed by atoms with Crippen molar-refractivity contribution >= 4 is 0 Å². The van der Waals surface area contributed by atoms with Crippen LogP contribution in [0.3, 0.4) is 0 Å². The SMILES string of the molecule is CCCCCCCCCN(CCCCCCCCC)C(C)O. The minimum atomic E-state index is -0.278. The molecule has 2 heteroatoms. The molecule has 0 aromatic carbocycles. The summed E-state index contributed by atoms with van der Waals surface area (Å²) in [7, 11) is 0. The highest BCUT2D eigenvalue weighted by atomic mass is 16.3. The number of nitrogens with zero attached hydrogens (tertiary/aromatic N) is 1. The number of hydrogen-bond acceptors (Lipinski definition) is 2. The average molecular weight is 314 g/mol. The van der Waals surface area contributed by atoms with Crippen LogP contribution >= 0.6 is 0 Å². The van der Waals surface area contributed by atoms with E-state index in [1.54, 1.807) is 0 Å². The van der Waals surface area contributed by atoms with Crippen molar-refractivity contribution in [2.45, 2.75) is 117 Å². The minimum absolute atomic E-state index is 0.278. The first kappa shape index (κ1) is 21.9. The normalized spacial score (nSPS) is 13.0. The van der Waals surface area contributed by atoms with E-state index in [-0.39, 0.29) is 6.23 Å².